The molecule has 0 heterocycles. The summed E-state index contributed by atoms with van der Waals surface area (Å²) in [6.45, 7) is 0.560. The lowest BCUT2D eigenvalue weighted by Crippen LogP contribution is -2.11. The first-order chi connectivity index (χ1) is 8.18. The lowest BCUT2D eigenvalue weighted by molar-refractivity contribution is 0.0691. The SMILES string of the molecule is O=C(O)c1cccc(Cl)c1OCC1CCCC1. The zero-order valence-electron chi connectivity index (χ0n) is 9.49. The van der Waals surface area contributed by atoms with E-state index in [0.717, 1.165) is 12.8 Å². The lowest BCUT2D eigenvalue weighted by Gasteiger charge is -2.14. The third-order valence-electron chi connectivity index (χ3n) is 3.14. The van der Waals surface area contributed by atoms with Crippen molar-refractivity contribution >= 4 is 17.6 Å². The van der Waals surface area contributed by atoms with Gasteiger partial charge in [-0.15, -0.1) is 0 Å². The molecule has 0 aromatic heterocycles. The highest BCUT2D eigenvalue weighted by atomic mass is 35.5. The molecule has 1 aliphatic carbocycles. The predicted molar refractivity (Wildman–Crippen MR) is 65.9 cm³/mol. The van der Waals surface area contributed by atoms with Crippen molar-refractivity contribution in [2.75, 3.05) is 6.61 Å². The summed E-state index contributed by atoms with van der Waals surface area (Å²) in [5, 5.41) is 9.41. The zero-order chi connectivity index (χ0) is 12.3. The van der Waals surface area contributed by atoms with Crippen LogP contribution < -0.4 is 4.74 Å². The van der Waals surface area contributed by atoms with Crippen LogP contribution in [0.1, 0.15) is 36.0 Å². The number of carboxylic acids is 1. The maximum absolute atomic E-state index is 11.0. The number of benzene rings is 1. The molecule has 1 N–H and O–H groups in total. The van der Waals surface area contributed by atoms with E-state index in [0.29, 0.717) is 23.3 Å². The standard InChI is InChI=1S/C13H15ClO3/c14-11-7-3-6-10(13(15)16)12(11)17-8-9-4-1-2-5-9/h3,6-7,9H,1-2,4-5,8H2,(H,15,16). The number of carboxylic acid groups (broad SMARTS) is 1. The van der Waals surface area contributed by atoms with Crippen LogP contribution in [0.25, 0.3) is 0 Å². The number of halogens is 1. The number of rotatable bonds is 4. The third kappa shape index (κ3) is 2.91. The van der Waals surface area contributed by atoms with Crippen LogP contribution in [0.2, 0.25) is 5.02 Å². The van der Waals surface area contributed by atoms with Gasteiger partial charge in [0.1, 0.15) is 5.56 Å². The summed E-state index contributed by atoms with van der Waals surface area (Å²) >= 11 is 5.97. The molecule has 4 heteroatoms. The number of para-hydroxylation sites is 1. The number of aromatic carboxylic acids is 1. The number of ether oxygens (including phenoxy) is 1. The van der Waals surface area contributed by atoms with Crippen molar-refractivity contribution < 1.29 is 14.6 Å². The van der Waals surface area contributed by atoms with Crippen LogP contribution >= 0.6 is 11.6 Å². The molecule has 1 fully saturated rings. The summed E-state index contributed by atoms with van der Waals surface area (Å²) in [5.74, 6) is -0.171. The van der Waals surface area contributed by atoms with Gasteiger partial charge >= 0.3 is 5.97 Å². The fourth-order valence-electron chi connectivity index (χ4n) is 2.20. The molecule has 1 aromatic carbocycles. The average molecular weight is 255 g/mol. The summed E-state index contributed by atoms with van der Waals surface area (Å²) in [7, 11) is 0. The van der Waals surface area contributed by atoms with E-state index >= 15 is 0 Å². The number of hydrogen-bond acceptors (Lipinski definition) is 2. The smallest absolute Gasteiger partial charge is 0.339 e. The van der Waals surface area contributed by atoms with Gasteiger partial charge in [-0.05, 0) is 30.9 Å². The topological polar surface area (TPSA) is 46.5 Å². The highest BCUT2D eigenvalue weighted by molar-refractivity contribution is 6.32. The van der Waals surface area contributed by atoms with E-state index < -0.39 is 5.97 Å². The Morgan fingerprint density at radius 1 is 1.41 bits per heavy atom. The molecular weight excluding hydrogens is 240 g/mol. The fourth-order valence-corrected chi connectivity index (χ4v) is 2.43. The van der Waals surface area contributed by atoms with Gasteiger partial charge in [0.2, 0.25) is 0 Å². The molecule has 0 radical (unpaired) electrons. The minimum absolute atomic E-state index is 0.135. The molecule has 1 saturated carbocycles. The molecule has 0 unspecified atom stereocenters. The molecule has 0 atom stereocenters. The molecule has 17 heavy (non-hydrogen) atoms. The quantitative estimate of drug-likeness (QED) is 0.893. The molecule has 0 amide bonds. The second kappa shape index (κ2) is 5.41. The van der Waals surface area contributed by atoms with Crippen LogP contribution in [0.5, 0.6) is 5.75 Å². The number of hydrogen-bond donors (Lipinski definition) is 1. The van der Waals surface area contributed by atoms with Crippen molar-refractivity contribution in [3.63, 3.8) is 0 Å². The van der Waals surface area contributed by atoms with Crippen molar-refractivity contribution in [1.29, 1.82) is 0 Å². The van der Waals surface area contributed by atoms with Gasteiger partial charge in [-0.25, -0.2) is 4.79 Å². The van der Waals surface area contributed by atoms with Crippen LogP contribution in [0, 0.1) is 5.92 Å². The Labute approximate surface area is 105 Å². The van der Waals surface area contributed by atoms with E-state index in [4.69, 9.17) is 21.4 Å². The van der Waals surface area contributed by atoms with Crippen LogP contribution in [0.3, 0.4) is 0 Å². The summed E-state index contributed by atoms with van der Waals surface area (Å²) in [6, 6.07) is 4.78. The Morgan fingerprint density at radius 2 is 2.12 bits per heavy atom. The van der Waals surface area contributed by atoms with Crippen molar-refractivity contribution in [2.45, 2.75) is 25.7 Å². The van der Waals surface area contributed by atoms with E-state index in [1.807, 2.05) is 0 Å². The van der Waals surface area contributed by atoms with Gasteiger partial charge in [-0.3, -0.25) is 0 Å². The van der Waals surface area contributed by atoms with Gasteiger partial charge < -0.3 is 9.84 Å². The second-order valence-electron chi connectivity index (χ2n) is 4.38. The maximum atomic E-state index is 11.0. The molecule has 0 spiro atoms. The van der Waals surface area contributed by atoms with E-state index in [9.17, 15) is 4.79 Å². The van der Waals surface area contributed by atoms with Gasteiger partial charge in [0.25, 0.3) is 0 Å². The normalized spacial score (nSPS) is 16.1. The van der Waals surface area contributed by atoms with E-state index in [1.54, 1.807) is 12.1 Å². The largest absolute Gasteiger partial charge is 0.491 e. The third-order valence-corrected chi connectivity index (χ3v) is 3.43. The molecule has 2 rings (SSSR count). The van der Waals surface area contributed by atoms with Gasteiger partial charge in [-0.1, -0.05) is 30.5 Å². The van der Waals surface area contributed by atoms with E-state index in [1.165, 1.54) is 18.9 Å². The second-order valence-corrected chi connectivity index (χ2v) is 4.79. The minimum Gasteiger partial charge on any atom is -0.491 e. The molecule has 0 aliphatic heterocycles. The molecule has 1 aliphatic rings. The fraction of sp³-hybridized carbons (Fsp3) is 0.462. The van der Waals surface area contributed by atoms with Gasteiger partial charge in [0, 0.05) is 0 Å². The first-order valence-electron chi connectivity index (χ1n) is 5.83. The van der Waals surface area contributed by atoms with Crippen molar-refractivity contribution in [3.8, 4) is 5.75 Å². The van der Waals surface area contributed by atoms with Crippen LogP contribution in [-0.4, -0.2) is 17.7 Å². The molecule has 0 bridgehead atoms. The molecule has 1 aromatic rings. The Bertz CT molecular complexity index is 411. The van der Waals surface area contributed by atoms with E-state index in [2.05, 4.69) is 0 Å². The lowest BCUT2D eigenvalue weighted by atomic mass is 10.1. The van der Waals surface area contributed by atoms with Crippen molar-refractivity contribution in [3.05, 3.63) is 28.8 Å². The Hall–Kier alpha value is -1.22. The van der Waals surface area contributed by atoms with Crippen molar-refractivity contribution in [1.82, 2.24) is 0 Å². The first kappa shape index (κ1) is 12.2. The molecule has 0 saturated heterocycles. The zero-order valence-corrected chi connectivity index (χ0v) is 10.2. The van der Waals surface area contributed by atoms with Crippen LogP contribution in [-0.2, 0) is 0 Å². The predicted octanol–water partition coefficient (Wildman–Crippen LogP) is 3.61. The Balaban J connectivity index is 2.10. The minimum atomic E-state index is -1.01. The monoisotopic (exact) mass is 254 g/mol. The average Bonchev–Trinajstić information content (AvgIpc) is 2.80. The van der Waals surface area contributed by atoms with E-state index in [-0.39, 0.29) is 5.56 Å². The van der Waals surface area contributed by atoms with Crippen LogP contribution in [0.15, 0.2) is 18.2 Å². The summed E-state index contributed by atoms with van der Waals surface area (Å²) in [6.07, 6.45) is 4.80. The van der Waals surface area contributed by atoms with Gasteiger partial charge in [-0.2, -0.15) is 0 Å². The van der Waals surface area contributed by atoms with Crippen molar-refractivity contribution in [2.24, 2.45) is 5.92 Å². The molecular formula is C13H15ClO3. The first-order valence-corrected chi connectivity index (χ1v) is 6.21. The number of carbonyl (C=O) groups is 1. The highest BCUT2D eigenvalue weighted by Gasteiger charge is 2.19. The van der Waals surface area contributed by atoms with Gasteiger partial charge in [0.15, 0.2) is 5.75 Å². The highest BCUT2D eigenvalue weighted by Crippen LogP contribution is 2.31. The summed E-state index contributed by atoms with van der Waals surface area (Å²) < 4.78 is 5.60. The molecule has 3 nitrogen and oxygen atoms in total. The Kier molecular flexibility index (Phi) is 3.89. The molecule has 92 valence electrons. The maximum Gasteiger partial charge on any atom is 0.339 e. The van der Waals surface area contributed by atoms with Gasteiger partial charge in [0.05, 0.1) is 11.6 Å². The summed E-state index contributed by atoms with van der Waals surface area (Å²) in [5.41, 5.74) is 0.135. The Morgan fingerprint density at radius 3 is 2.76 bits per heavy atom. The van der Waals surface area contributed by atoms with Crippen LogP contribution in [0.4, 0.5) is 0 Å². The summed E-state index contributed by atoms with van der Waals surface area (Å²) in [4.78, 5) is 11.0.